The molecule has 1 amide bonds. The largest absolute Gasteiger partial charge is 0.497 e. The monoisotopic (exact) mass is 623 g/mol. The number of carbonyl (C=O) groups excluding carboxylic acids is 1. The van der Waals surface area contributed by atoms with Crippen LogP contribution in [0.4, 0.5) is 16.3 Å². The van der Waals surface area contributed by atoms with Crippen LogP contribution in [0.15, 0.2) is 97.2 Å². The van der Waals surface area contributed by atoms with E-state index in [-0.39, 0.29) is 12.5 Å². The summed E-state index contributed by atoms with van der Waals surface area (Å²) in [5, 5.41) is 9.25. The minimum absolute atomic E-state index is 0.0311. The molecule has 1 aliphatic rings. The Morgan fingerprint density at radius 3 is 2.37 bits per heavy atom. The van der Waals surface area contributed by atoms with Gasteiger partial charge in [0.1, 0.15) is 17.5 Å². The van der Waals surface area contributed by atoms with Crippen LogP contribution >= 0.6 is 0 Å². The third-order valence-electron chi connectivity index (χ3n) is 7.74. The van der Waals surface area contributed by atoms with E-state index >= 15 is 0 Å². The number of anilines is 2. The average molecular weight is 624 g/mol. The fourth-order valence-electron chi connectivity index (χ4n) is 5.68. The lowest BCUT2D eigenvalue weighted by Gasteiger charge is -2.45. The molecule has 1 aromatic heterocycles. The Morgan fingerprint density at radius 2 is 1.67 bits per heavy atom. The lowest BCUT2D eigenvalue weighted by molar-refractivity contribution is -0.136. The molecule has 240 valence electrons. The van der Waals surface area contributed by atoms with E-state index in [0.29, 0.717) is 37.6 Å². The molecule has 0 aliphatic carbocycles. The van der Waals surface area contributed by atoms with Crippen LogP contribution in [0.2, 0.25) is 0 Å². The van der Waals surface area contributed by atoms with Crippen LogP contribution in [0, 0.1) is 0 Å². The summed E-state index contributed by atoms with van der Waals surface area (Å²) in [5.74, 6) is 0.563. The zero-order valence-corrected chi connectivity index (χ0v) is 26.8. The minimum Gasteiger partial charge on any atom is -0.497 e. The van der Waals surface area contributed by atoms with Crippen LogP contribution in [0.3, 0.4) is 0 Å². The molecule has 0 radical (unpaired) electrons. The van der Waals surface area contributed by atoms with Gasteiger partial charge in [-0.25, -0.2) is 9.78 Å². The first kappa shape index (κ1) is 32.5. The third kappa shape index (κ3) is 8.22. The molecular weight excluding hydrogens is 582 g/mol. The summed E-state index contributed by atoms with van der Waals surface area (Å²) >= 11 is 0. The van der Waals surface area contributed by atoms with Crippen LogP contribution in [-0.4, -0.2) is 54.1 Å². The molecular formula is C37H41N3O6. The number of fused-ring (bicyclic) bond motifs is 1. The number of pyridine rings is 1. The quantitative estimate of drug-likeness (QED) is 0.194. The Balaban J connectivity index is 1.51. The van der Waals surface area contributed by atoms with E-state index in [2.05, 4.69) is 4.90 Å². The highest BCUT2D eigenvalue weighted by Crippen LogP contribution is 2.40. The molecule has 2 heterocycles. The predicted molar refractivity (Wildman–Crippen MR) is 177 cm³/mol. The number of carboxylic acid groups (broad SMARTS) is 1. The number of aliphatic carboxylic acids is 1. The number of rotatable bonds is 11. The number of carbonyl (C=O) groups is 2. The van der Waals surface area contributed by atoms with Crippen molar-refractivity contribution in [1.29, 1.82) is 0 Å². The van der Waals surface area contributed by atoms with E-state index < -0.39 is 23.8 Å². The lowest BCUT2D eigenvalue weighted by Crippen LogP contribution is -2.54. The molecule has 1 aliphatic heterocycles. The van der Waals surface area contributed by atoms with E-state index in [1.54, 1.807) is 18.2 Å². The van der Waals surface area contributed by atoms with Crippen LogP contribution in [0.5, 0.6) is 5.75 Å². The molecule has 0 spiro atoms. The molecule has 3 aromatic carbocycles. The minimum atomic E-state index is -0.866. The van der Waals surface area contributed by atoms with Gasteiger partial charge in [-0.2, -0.15) is 0 Å². The van der Waals surface area contributed by atoms with Crippen LogP contribution in [0.25, 0.3) is 0 Å². The van der Waals surface area contributed by atoms with Gasteiger partial charge >= 0.3 is 12.1 Å². The van der Waals surface area contributed by atoms with Crippen molar-refractivity contribution in [2.75, 3.05) is 30.1 Å². The number of amides is 1. The summed E-state index contributed by atoms with van der Waals surface area (Å²) < 4.78 is 18.0. The number of carboxylic acids is 1. The third-order valence-corrected chi connectivity index (χ3v) is 7.74. The Labute approximate surface area is 270 Å². The number of aromatic nitrogens is 1. The van der Waals surface area contributed by atoms with E-state index in [1.807, 2.05) is 112 Å². The van der Waals surface area contributed by atoms with E-state index in [1.165, 1.54) is 0 Å². The second-order valence-electron chi connectivity index (χ2n) is 12.3. The van der Waals surface area contributed by atoms with Crippen molar-refractivity contribution in [3.8, 4) is 5.75 Å². The number of nitrogens with zero attached hydrogens (tertiary/aromatic N) is 3. The van der Waals surface area contributed by atoms with Crippen molar-refractivity contribution in [3.63, 3.8) is 0 Å². The molecule has 0 bridgehead atoms. The van der Waals surface area contributed by atoms with Crippen molar-refractivity contribution in [1.82, 2.24) is 4.98 Å². The van der Waals surface area contributed by atoms with Crippen molar-refractivity contribution in [3.05, 3.63) is 119 Å². The second kappa shape index (κ2) is 14.5. The molecule has 1 N–H and O–H groups in total. The topological polar surface area (TPSA) is 101 Å². The molecule has 9 nitrogen and oxygen atoms in total. The van der Waals surface area contributed by atoms with Crippen molar-refractivity contribution in [2.45, 2.75) is 57.9 Å². The van der Waals surface area contributed by atoms with Gasteiger partial charge in [0.05, 0.1) is 38.4 Å². The van der Waals surface area contributed by atoms with Gasteiger partial charge in [0.2, 0.25) is 0 Å². The highest BCUT2D eigenvalue weighted by Gasteiger charge is 2.41. The Morgan fingerprint density at radius 1 is 0.935 bits per heavy atom. The first-order valence-corrected chi connectivity index (χ1v) is 15.4. The Hall–Kier alpha value is -4.89. The first-order chi connectivity index (χ1) is 22.1. The average Bonchev–Trinajstić information content (AvgIpc) is 3.03. The number of benzene rings is 3. The maximum atomic E-state index is 13.7. The van der Waals surface area contributed by atoms with Crippen molar-refractivity contribution in [2.24, 2.45) is 0 Å². The Bertz CT molecular complexity index is 1620. The predicted octanol–water partition coefficient (Wildman–Crippen LogP) is 6.85. The highest BCUT2D eigenvalue weighted by atomic mass is 16.6. The van der Waals surface area contributed by atoms with Gasteiger partial charge in [0, 0.05) is 12.7 Å². The van der Waals surface area contributed by atoms with E-state index in [9.17, 15) is 14.7 Å². The van der Waals surface area contributed by atoms with Gasteiger partial charge in [0.25, 0.3) is 0 Å². The summed E-state index contributed by atoms with van der Waals surface area (Å²) in [5.41, 5.74) is 3.75. The van der Waals surface area contributed by atoms with Gasteiger partial charge in [-0.1, -0.05) is 66.7 Å². The van der Waals surface area contributed by atoms with E-state index in [0.717, 1.165) is 28.0 Å². The zero-order valence-electron chi connectivity index (χ0n) is 26.8. The fraction of sp³-hybridized carbons (Fsp3) is 0.324. The van der Waals surface area contributed by atoms with Crippen molar-refractivity contribution >= 4 is 23.6 Å². The molecule has 0 fully saturated rings. The summed E-state index contributed by atoms with van der Waals surface area (Å²) in [4.78, 5) is 33.6. The number of methoxy groups -OCH3 is 1. The SMILES string of the molecule is COc1ccc(CN2c3ncccc3N(C(=O)OC(C)(C)C)C[C@@H]2[C@H](OCCc2cccc(CC(=O)O)c2)c2ccccc2)cc1. The van der Waals surface area contributed by atoms with Gasteiger partial charge in [0.15, 0.2) is 5.82 Å². The molecule has 2 atom stereocenters. The number of ether oxygens (including phenoxy) is 3. The molecule has 9 heteroatoms. The van der Waals surface area contributed by atoms with Gasteiger partial charge in [-0.05, 0) is 73.7 Å². The van der Waals surface area contributed by atoms with Crippen LogP contribution in [0.1, 0.15) is 49.1 Å². The zero-order chi connectivity index (χ0) is 32.7. The molecule has 0 unspecified atom stereocenters. The molecule has 46 heavy (non-hydrogen) atoms. The number of hydrogen-bond donors (Lipinski definition) is 1. The molecule has 0 saturated carbocycles. The molecule has 5 rings (SSSR count). The van der Waals surface area contributed by atoms with Gasteiger partial charge < -0.3 is 24.2 Å². The standard InChI is InChI=1S/C37H41N3O6/c1-37(2,3)46-36(43)40-25-32(39(35-31(40)14-9-20-38-35)24-27-15-17-30(44-4)18-16-27)34(29-12-6-5-7-13-29)45-21-19-26-10-8-11-28(22-26)23-33(41)42/h5-18,20,22,32,34H,19,21,23-25H2,1-4H3,(H,41,42)/t32-,34-/m1/s1. The smallest absolute Gasteiger partial charge is 0.415 e. The number of hydrogen-bond acceptors (Lipinski definition) is 7. The normalized spacial score (nSPS) is 15.2. The second-order valence-corrected chi connectivity index (χ2v) is 12.3. The van der Waals surface area contributed by atoms with Crippen LogP contribution < -0.4 is 14.5 Å². The maximum absolute atomic E-state index is 13.7. The van der Waals surface area contributed by atoms with Crippen LogP contribution in [-0.2, 0) is 33.7 Å². The van der Waals surface area contributed by atoms with Gasteiger partial charge in [-0.3, -0.25) is 9.69 Å². The Kier molecular flexibility index (Phi) is 10.2. The summed E-state index contributed by atoms with van der Waals surface area (Å²) in [6.07, 6.45) is 1.40. The lowest BCUT2D eigenvalue weighted by atomic mass is 9.96. The first-order valence-electron chi connectivity index (χ1n) is 15.4. The summed E-state index contributed by atoms with van der Waals surface area (Å²) in [7, 11) is 1.64. The fourth-order valence-corrected chi connectivity index (χ4v) is 5.68. The molecule has 4 aromatic rings. The van der Waals surface area contributed by atoms with E-state index in [4.69, 9.17) is 19.2 Å². The molecule has 0 saturated heterocycles. The summed E-state index contributed by atoms with van der Waals surface area (Å²) in [6.45, 7) is 6.77. The van der Waals surface area contributed by atoms with Crippen molar-refractivity contribution < 1.29 is 28.9 Å². The highest BCUT2D eigenvalue weighted by molar-refractivity contribution is 5.93. The van der Waals surface area contributed by atoms with Gasteiger partial charge in [-0.15, -0.1) is 0 Å². The summed E-state index contributed by atoms with van der Waals surface area (Å²) in [6, 6.07) is 28.9. The maximum Gasteiger partial charge on any atom is 0.415 e.